The van der Waals surface area contributed by atoms with Crippen LogP contribution in [-0.4, -0.2) is 20.3 Å². The van der Waals surface area contributed by atoms with Gasteiger partial charge in [0.05, 0.1) is 13.7 Å². The molecule has 3 heteroatoms. The van der Waals surface area contributed by atoms with E-state index < -0.39 is 0 Å². The van der Waals surface area contributed by atoms with Crippen molar-refractivity contribution in [3.05, 3.63) is 36.4 Å². The summed E-state index contributed by atoms with van der Waals surface area (Å²) >= 11 is 0. The Morgan fingerprint density at radius 1 is 1.44 bits per heavy atom. The Bertz CT molecular complexity index is 377. The summed E-state index contributed by atoms with van der Waals surface area (Å²) in [4.78, 5) is 0. The third-order valence-corrected chi connectivity index (χ3v) is 2.78. The number of hydrogen-bond donors (Lipinski definition) is 1. The number of rotatable bonds is 8. The zero-order valence-corrected chi connectivity index (χ0v) is 11.5. The second kappa shape index (κ2) is 7.77. The first-order valence-electron chi connectivity index (χ1n) is 6.38. The summed E-state index contributed by atoms with van der Waals surface area (Å²) in [6.45, 7) is 9.49. The third-order valence-electron chi connectivity index (χ3n) is 2.78. The van der Waals surface area contributed by atoms with Crippen molar-refractivity contribution in [1.82, 2.24) is 5.32 Å². The van der Waals surface area contributed by atoms with E-state index in [2.05, 4.69) is 31.8 Å². The molecule has 1 aromatic rings. The van der Waals surface area contributed by atoms with E-state index >= 15 is 0 Å². The molecule has 18 heavy (non-hydrogen) atoms. The fraction of sp³-hybridized carbons (Fsp3) is 0.467. The van der Waals surface area contributed by atoms with Gasteiger partial charge in [-0.25, -0.2) is 0 Å². The first kappa shape index (κ1) is 14.6. The smallest absolute Gasteiger partial charge is 0.127 e. The molecule has 1 rings (SSSR count). The lowest BCUT2D eigenvalue weighted by Crippen LogP contribution is -2.18. The fourth-order valence-electron chi connectivity index (χ4n) is 1.79. The highest BCUT2D eigenvalue weighted by molar-refractivity contribution is 5.42. The highest BCUT2D eigenvalue weighted by Crippen LogP contribution is 2.29. The average Bonchev–Trinajstić information content (AvgIpc) is 2.39. The predicted molar refractivity (Wildman–Crippen MR) is 75.4 cm³/mol. The van der Waals surface area contributed by atoms with Gasteiger partial charge in [-0.1, -0.05) is 19.1 Å². The van der Waals surface area contributed by atoms with E-state index in [9.17, 15) is 0 Å². The van der Waals surface area contributed by atoms with Crippen molar-refractivity contribution in [3.8, 4) is 11.5 Å². The van der Waals surface area contributed by atoms with Gasteiger partial charge in [-0.2, -0.15) is 0 Å². The summed E-state index contributed by atoms with van der Waals surface area (Å²) in [6, 6.07) is 6.21. The zero-order valence-electron chi connectivity index (χ0n) is 11.5. The molecule has 0 aliphatic heterocycles. The molecule has 0 fully saturated rings. The largest absolute Gasteiger partial charge is 0.497 e. The van der Waals surface area contributed by atoms with E-state index in [1.807, 2.05) is 18.2 Å². The molecular formula is C15H23NO2. The van der Waals surface area contributed by atoms with Crippen LogP contribution in [0.3, 0.4) is 0 Å². The molecule has 100 valence electrons. The summed E-state index contributed by atoms with van der Waals surface area (Å²) in [5.74, 6) is 1.70. The molecule has 0 aliphatic carbocycles. The van der Waals surface area contributed by atoms with Crippen molar-refractivity contribution >= 4 is 0 Å². The van der Waals surface area contributed by atoms with Crippen molar-refractivity contribution in [2.45, 2.75) is 26.3 Å². The van der Waals surface area contributed by atoms with Gasteiger partial charge in [0.1, 0.15) is 11.5 Å². The molecule has 0 saturated carbocycles. The Morgan fingerprint density at radius 3 is 2.83 bits per heavy atom. The van der Waals surface area contributed by atoms with Crippen LogP contribution in [0.4, 0.5) is 0 Å². The van der Waals surface area contributed by atoms with Crippen LogP contribution in [0.2, 0.25) is 0 Å². The minimum Gasteiger partial charge on any atom is -0.497 e. The summed E-state index contributed by atoms with van der Waals surface area (Å²) in [5.41, 5.74) is 1.15. The first-order valence-corrected chi connectivity index (χ1v) is 6.38. The van der Waals surface area contributed by atoms with E-state index in [0.717, 1.165) is 30.0 Å². The Balaban J connectivity index is 2.88. The SMILES string of the molecule is C=CCCOc1cc(OC)ccc1C(C)NCC. The van der Waals surface area contributed by atoms with Gasteiger partial charge < -0.3 is 14.8 Å². The Labute approximate surface area is 110 Å². The molecule has 0 spiro atoms. The Hall–Kier alpha value is -1.48. The maximum atomic E-state index is 5.80. The quantitative estimate of drug-likeness (QED) is 0.566. The molecule has 0 amide bonds. The van der Waals surface area contributed by atoms with Crippen molar-refractivity contribution in [2.75, 3.05) is 20.3 Å². The highest BCUT2D eigenvalue weighted by Gasteiger charge is 2.11. The average molecular weight is 249 g/mol. The lowest BCUT2D eigenvalue weighted by Gasteiger charge is -2.18. The maximum Gasteiger partial charge on any atom is 0.127 e. The van der Waals surface area contributed by atoms with Crippen molar-refractivity contribution in [3.63, 3.8) is 0 Å². The summed E-state index contributed by atoms with van der Waals surface area (Å²) in [5, 5.41) is 3.39. The number of methoxy groups -OCH3 is 1. The Morgan fingerprint density at radius 2 is 2.22 bits per heavy atom. The van der Waals surface area contributed by atoms with Crippen LogP contribution >= 0.6 is 0 Å². The molecule has 0 heterocycles. The highest BCUT2D eigenvalue weighted by atomic mass is 16.5. The zero-order chi connectivity index (χ0) is 13.4. The van der Waals surface area contributed by atoms with Gasteiger partial charge in [-0.3, -0.25) is 0 Å². The third kappa shape index (κ3) is 4.08. The second-order valence-electron chi connectivity index (χ2n) is 4.11. The number of nitrogens with one attached hydrogen (secondary N) is 1. The summed E-state index contributed by atoms with van der Waals surface area (Å²) in [6.07, 6.45) is 2.69. The number of hydrogen-bond acceptors (Lipinski definition) is 3. The second-order valence-corrected chi connectivity index (χ2v) is 4.11. The molecule has 0 bridgehead atoms. The van der Waals surface area contributed by atoms with E-state index in [0.29, 0.717) is 6.61 Å². The molecule has 0 radical (unpaired) electrons. The molecule has 1 atom stereocenters. The normalized spacial score (nSPS) is 11.9. The molecule has 0 aromatic heterocycles. The molecule has 0 saturated heterocycles. The Kier molecular flexibility index (Phi) is 6.29. The molecule has 1 unspecified atom stereocenters. The van der Waals surface area contributed by atoms with Gasteiger partial charge in [0.2, 0.25) is 0 Å². The predicted octanol–water partition coefficient (Wildman–Crippen LogP) is 3.32. The van der Waals surface area contributed by atoms with Crippen LogP contribution < -0.4 is 14.8 Å². The number of benzene rings is 1. The van der Waals surface area contributed by atoms with E-state index in [1.165, 1.54) is 0 Å². The van der Waals surface area contributed by atoms with Crippen LogP contribution in [0, 0.1) is 0 Å². The molecular weight excluding hydrogens is 226 g/mol. The maximum absolute atomic E-state index is 5.80. The van der Waals surface area contributed by atoms with Crippen LogP contribution in [0.15, 0.2) is 30.9 Å². The number of ether oxygens (including phenoxy) is 2. The monoisotopic (exact) mass is 249 g/mol. The lowest BCUT2D eigenvalue weighted by atomic mass is 10.1. The fourth-order valence-corrected chi connectivity index (χ4v) is 1.79. The molecule has 1 N–H and O–H groups in total. The van der Waals surface area contributed by atoms with Gasteiger partial charge in [0, 0.05) is 17.7 Å². The van der Waals surface area contributed by atoms with Crippen LogP contribution in [-0.2, 0) is 0 Å². The van der Waals surface area contributed by atoms with Crippen LogP contribution in [0.5, 0.6) is 11.5 Å². The van der Waals surface area contributed by atoms with Crippen molar-refractivity contribution in [1.29, 1.82) is 0 Å². The summed E-state index contributed by atoms with van der Waals surface area (Å²) < 4.78 is 11.0. The van der Waals surface area contributed by atoms with Crippen molar-refractivity contribution in [2.24, 2.45) is 0 Å². The lowest BCUT2D eigenvalue weighted by molar-refractivity contribution is 0.315. The first-order chi connectivity index (χ1) is 8.72. The van der Waals surface area contributed by atoms with Gasteiger partial charge in [0.25, 0.3) is 0 Å². The van der Waals surface area contributed by atoms with Gasteiger partial charge in [-0.15, -0.1) is 6.58 Å². The molecule has 0 aliphatic rings. The van der Waals surface area contributed by atoms with Crippen LogP contribution in [0.1, 0.15) is 31.9 Å². The van der Waals surface area contributed by atoms with Crippen LogP contribution in [0.25, 0.3) is 0 Å². The molecule has 1 aromatic carbocycles. The summed E-state index contributed by atoms with van der Waals surface area (Å²) in [7, 11) is 1.66. The van der Waals surface area contributed by atoms with E-state index in [1.54, 1.807) is 7.11 Å². The van der Waals surface area contributed by atoms with Gasteiger partial charge in [0.15, 0.2) is 0 Å². The van der Waals surface area contributed by atoms with Gasteiger partial charge in [-0.05, 0) is 26.0 Å². The minimum atomic E-state index is 0.264. The minimum absolute atomic E-state index is 0.264. The van der Waals surface area contributed by atoms with Gasteiger partial charge >= 0.3 is 0 Å². The van der Waals surface area contributed by atoms with E-state index in [4.69, 9.17) is 9.47 Å². The van der Waals surface area contributed by atoms with E-state index in [-0.39, 0.29) is 6.04 Å². The molecule has 3 nitrogen and oxygen atoms in total. The topological polar surface area (TPSA) is 30.5 Å². The van der Waals surface area contributed by atoms with Crippen molar-refractivity contribution < 1.29 is 9.47 Å². The standard InChI is InChI=1S/C15H23NO2/c1-5-7-10-18-15-11-13(17-4)8-9-14(15)12(3)16-6-2/h5,8-9,11-12,16H,1,6-7,10H2,2-4H3.